The topological polar surface area (TPSA) is 94.2 Å². The molecule has 2 rings (SSSR count). The van der Waals surface area contributed by atoms with E-state index in [1.165, 1.54) is 28.3 Å². The maximum atomic E-state index is 12.3. The molecule has 25 heavy (non-hydrogen) atoms. The third-order valence-electron chi connectivity index (χ3n) is 3.92. The first kappa shape index (κ1) is 18.3. The number of ether oxygens (including phenoxy) is 3. The maximum absolute atomic E-state index is 12.3. The number of hydrogen-bond donors (Lipinski definition) is 1. The number of urea groups is 1. The molecule has 0 saturated carbocycles. The van der Waals surface area contributed by atoms with Crippen molar-refractivity contribution in [3.63, 3.8) is 0 Å². The number of benzene rings is 1. The number of nitrogens with one attached hydrogen (secondary N) is 1. The number of rotatable bonds is 4. The summed E-state index contributed by atoms with van der Waals surface area (Å²) in [5.41, 5.74) is 1.01. The average Bonchev–Trinajstić information content (AvgIpc) is 2.59. The number of nitrogens with zero attached hydrogens (tertiary/aromatic N) is 1. The third-order valence-corrected chi connectivity index (χ3v) is 3.92. The fourth-order valence-corrected chi connectivity index (χ4v) is 2.78. The van der Waals surface area contributed by atoms with Gasteiger partial charge >= 0.3 is 12.0 Å². The van der Waals surface area contributed by atoms with E-state index < -0.39 is 23.9 Å². The molecule has 1 aromatic rings. The van der Waals surface area contributed by atoms with Crippen LogP contribution in [-0.2, 0) is 14.3 Å². The van der Waals surface area contributed by atoms with Crippen molar-refractivity contribution in [2.24, 2.45) is 0 Å². The van der Waals surface area contributed by atoms with E-state index in [1.54, 1.807) is 25.1 Å². The van der Waals surface area contributed by atoms with Gasteiger partial charge < -0.3 is 19.5 Å². The number of allylic oxidation sites excluding steroid dienone is 1. The van der Waals surface area contributed by atoms with Gasteiger partial charge in [-0.3, -0.25) is 9.69 Å². The third kappa shape index (κ3) is 3.28. The van der Waals surface area contributed by atoms with Crippen LogP contribution in [0.4, 0.5) is 4.79 Å². The molecule has 1 heterocycles. The Hall–Kier alpha value is -3.03. The van der Waals surface area contributed by atoms with Gasteiger partial charge in [-0.1, -0.05) is 6.07 Å². The van der Waals surface area contributed by atoms with E-state index in [1.807, 2.05) is 0 Å². The number of carbonyl (C=O) groups excluding carboxylic acids is 3. The molecule has 1 N–H and O–H groups in total. The normalized spacial score (nSPS) is 17.1. The highest BCUT2D eigenvalue weighted by atomic mass is 16.5. The van der Waals surface area contributed by atoms with Gasteiger partial charge in [-0.15, -0.1) is 0 Å². The predicted octanol–water partition coefficient (Wildman–Crippen LogP) is 1.76. The van der Waals surface area contributed by atoms with Crippen LogP contribution in [0.25, 0.3) is 0 Å². The van der Waals surface area contributed by atoms with Crippen molar-refractivity contribution in [3.8, 4) is 11.5 Å². The van der Waals surface area contributed by atoms with Crippen LogP contribution < -0.4 is 14.8 Å². The van der Waals surface area contributed by atoms with Crippen LogP contribution >= 0.6 is 0 Å². The van der Waals surface area contributed by atoms with Gasteiger partial charge in [-0.05, 0) is 24.6 Å². The summed E-state index contributed by atoms with van der Waals surface area (Å²) < 4.78 is 15.3. The first-order valence-electron chi connectivity index (χ1n) is 7.47. The Morgan fingerprint density at radius 3 is 2.28 bits per heavy atom. The maximum Gasteiger partial charge on any atom is 0.337 e. The van der Waals surface area contributed by atoms with Gasteiger partial charge in [-0.2, -0.15) is 0 Å². The number of esters is 1. The molecule has 0 unspecified atom stereocenters. The molecular weight excluding hydrogens is 328 g/mol. The van der Waals surface area contributed by atoms with Gasteiger partial charge in [0.05, 0.1) is 26.9 Å². The van der Waals surface area contributed by atoms with E-state index in [4.69, 9.17) is 14.2 Å². The molecule has 3 amide bonds. The summed E-state index contributed by atoms with van der Waals surface area (Å²) >= 11 is 0. The summed E-state index contributed by atoms with van der Waals surface area (Å²) in [4.78, 5) is 37.6. The van der Waals surface area contributed by atoms with Crippen LogP contribution in [0.5, 0.6) is 11.5 Å². The Morgan fingerprint density at radius 2 is 1.76 bits per heavy atom. The zero-order valence-corrected chi connectivity index (χ0v) is 14.7. The Bertz CT molecular complexity index is 756. The first-order chi connectivity index (χ1) is 11.8. The molecule has 1 atom stereocenters. The fourth-order valence-electron chi connectivity index (χ4n) is 2.78. The van der Waals surface area contributed by atoms with Crippen molar-refractivity contribution in [2.45, 2.75) is 19.9 Å². The second-order valence-corrected chi connectivity index (χ2v) is 5.37. The van der Waals surface area contributed by atoms with Crippen molar-refractivity contribution in [1.29, 1.82) is 0 Å². The van der Waals surface area contributed by atoms with E-state index in [2.05, 4.69) is 5.32 Å². The van der Waals surface area contributed by atoms with Gasteiger partial charge in [0.25, 0.3) is 0 Å². The molecule has 1 aromatic carbocycles. The molecule has 0 aromatic heterocycles. The lowest BCUT2D eigenvalue weighted by Crippen LogP contribution is -2.50. The minimum absolute atomic E-state index is 0.171. The molecule has 0 radical (unpaired) electrons. The standard InChI is InChI=1S/C17H20N2O6/c1-9-14(16(21)25-5)15(19(10(2)20)17(22)18-9)11-6-7-12(23-3)13(8-11)24-4/h6-8,15H,1-5H3,(H,18,22)/t15-/m0/s1. The monoisotopic (exact) mass is 348 g/mol. The SMILES string of the molecule is COC(=O)C1=C(C)NC(=O)N(C(C)=O)[C@H]1c1ccc(OC)c(OC)c1. The Kier molecular flexibility index (Phi) is 5.31. The largest absolute Gasteiger partial charge is 0.493 e. The molecular formula is C17H20N2O6. The van der Waals surface area contributed by atoms with Crippen LogP contribution in [0.1, 0.15) is 25.5 Å². The van der Waals surface area contributed by atoms with E-state index >= 15 is 0 Å². The minimum atomic E-state index is -0.932. The highest BCUT2D eigenvalue weighted by Gasteiger charge is 2.40. The lowest BCUT2D eigenvalue weighted by Gasteiger charge is -2.35. The Morgan fingerprint density at radius 1 is 1.12 bits per heavy atom. The van der Waals surface area contributed by atoms with Crippen LogP contribution in [0.15, 0.2) is 29.5 Å². The zero-order valence-electron chi connectivity index (χ0n) is 14.7. The van der Waals surface area contributed by atoms with Gasteiger partial charge in [0.15, 0.2) is 11.5 Å². The summed E-state index contributed by atoms with van der Waals surface area (Å²) in [6, 6.07) is 3.38. The lowest BCUT2D eigenvalue weighted by molar-refractivity contribution is -0.137. The average molecular weight is 348 g/mol. The van der Waals surface area contributed by atoms with Crippen LogP contribution in [0.2, 0.25) is 0 Å². The number of hydrogen-bond acceptors (Lipinski definition) is 6. The van der Waals surface area contributed by atoms with Crippen LogP contribution in [0, 0.1) is 0 Å². The molecule has 1 aliphatic heterocycles. The molecule has 8 heteroatoms. The number of methoxy groups -OCH3 is 3. The van der Waals surface area contributed by atoms with Crippen molar-refractivity contribution < 1.29 is 28.6 Å². The first-order valence-corrected chi connectivity index (χ1v) is 7.47. The molecule has 8 nitrogen and oxygen atoms in total. The molecule has 0 bridgehead atoms. The van der Waals surface area contributed by atoms with Crippen molar-refractivity contribution >= 4 is 17.9 Å². The molecule has 0 aliphatic carbocycles. The van der Waals surface area contributed by atoms with Crippen LogP contribution in [-0.4, -0.2) is 44.1 Å². The molecule has 0 spiro atoms. The summed E-state index contributed by atoms with van der Waals surface area (Å²) in [5.74, 6) is -0.243. The summed E-state index contributed by atoms with van der Waals surface area (Å²) in [6.45, 7) is 2.83. The highest BCUT2D eigenvalue weighted by Crippen LogP contribution is 2.38. The van der Waals surface area contributed by atoms with Crippen molar-refractivity contribution in [3.05, 3.63) is 35.0 Å². The summed E-state index contributed by atoms with van der Waals surface area (Å²) in [5, 5.41) is 2.52. The second kappa shape index (κ2) is 7.25. The predicted molar refractivity (Wildman–Crippen MR) is 88.1 cm³/mol. The molecule has 1 aliphatic rings. The lowest BCUT2D eigenvalue weighted by atomic mass is 9.93. The second-order valence-electron chi connectivity index (χ2n) is 5.37. The van der Waals surface area contributed by atoms with Crippen molar-refractivity contribution in [2.75, 3.05) is 21.3 Å². The van der Waals surface area contributed by atoms with Gasteiger partial charge in [0, 0.05) is 12.6 Å². The smallest absolute Gasteiger partial charge is 0.337 e. The quantitative estimate of drug-likeness (QED) is 0.834. The van der Waals surface area contributed by atoms with E-state index in [9.17, 15) is 14.4 Å². The van der Waals surface area contributed by atoms with Gasteiger partial charge in [-0.25, -0.2) is 9.59 Å². The Labute approximate surface area is 145 Å². The Balaban J connectivity index is 2.69. The van der Waals surface area contributed by atoms with Crippen molar-refractivity contribution in [1.82, 2.24) is 10.2 Å². The van der Waals surface area contributed by atoms with Gasteiger partial charge in [0.1, 0.15) is 6.04 Å². The molecule has 134 valence electrons. The summed E-state index contributed by atoms with van der Waals surface area (Å²) in [7, 11) is 4.21. The number of amides is 3. The van der Waals surface area contributed by atoms with E-state index in [0.717, 1.165) is 4.90 Å². The zero-order chi connectivity index (χ0) is 18.7. The van der Waals surface area contributed by atoms with E-state index in [0.29, 0.717) is 22.8 Å². The number of carbonyl (C=O) groups is 3. The van der Waals surface area contributed by atoms with Gasteiger partial charge in [0.2, 0.25) is 5.91 Å². The van der Waals surface area contributed by atoms with Crippen LogP contribution in [0.3, 0.4) is 0 Å². The minimum Gasteiger partial charge on any atom is -0.493 e. The molecule has 0 saturated heterocycles. The summed E-state index contributed by atoms with van der Waals surface area (Å²) in [6.07, 6.45) is 0. The molecule has 0 fully saturated rings. The highest BCUT2D eigenvalue weighted by molar-refractivity contribution is 6.01. The fraction of sp³-hybridized carbons (Fsp3) is 0.353. The number of imide groups is 1. The van der Waals surface area contributed by atoms with E-state index in [-0.39, 0.29) is 5.57 Å².